The fourth-order valence-corrected chi connectivity index (χ4v) is 2.79. The molecule has 0 aliphatic heterocycles. The fourth-order valence-electron chi connectivity index (χ4n) is 2.79. The highest BCUT2D eigenvalue weighted by Gasteiger charge is 2.13. The van der Waals surface area contributed by atoms with Gasteiger partial charge in [0.15, 0.2) is 0 Å². The molecule has 0 aliphatic rings. The number of hydrogen-bond donors (Lipinski definition) is 1. The molecule has 2 rings (SSSR count). The zero-order valence-corrected chi connectivity index (χ0v) is 13.7. The Morgan fingerprint density at radius 1 is 1.14 bits per heavy atom. The van der Waals surface area contributed by atoms with Crippen LogP contribution in [0, 0.1) is 13.8 Å². The Balaban J connectivity index is 2.62. The Bertz CT molecular complexity index is 615. The molecular weight excluding hydrogens is 258 g/mol. The van der Waals surface area contributed by atoms with E-state index >= 15 is 0 Å². The molecule has 0 bridgehead atoms. The van der Waals surface area contributed by atoms with Gasteiger partial charge in [0.2, 0.25) is 0 Å². The monoisotopic (exact) mass is 285 g/mol. The van der Waals surface area contributed by atoms with Crippen LogP contribution in [0.15, 0.2) is 18.2 Å². The van der Waals surface area contributed by atoms with E-state index in [1.54, 1.807) is 0 Å². The molecule has 0 radical (unpaired) electrons. The predicted molar refractivity (Wildman–Crippen MR) is 92.2 cm³/mol. The van der Waals surface area contributed by atoms with Gasteiger partial charge in [0.1, 0.15) is 5.82 Å². The first-order valence-corrected chi connectivity index (χ1v) is 7.97. The summed E-state index contributed by atoms with van der Waals surface area (Å²) in [5.74, 6) is 1.13. The van der Waals surface area contributed by atoms with E-state index in [4.69, 9.17) is 10.7 Å². The molecular formula is C18H27N3. The summed E-state index contributed by atoms with van der Waals surface area (Å²) in [6, 6.07) is 6.67. The van der Waals surface area contributed by atoms with Crippen molar-refractivity contribution in [2.45, 2.75) is 40.5 Å². The van der Waals surface area contributed by atoms with Crippen molar-refractivity contribution in [3.05, 3.63) is 34.9 Å². The summed E-state index contributed by atoms with van der Waals surface area (Å²) in [7, 11) is 0. The van der Waals surface area contributed by atoms with Crippen LogP contribution in [0.4, 0.5) is 5.82 Å². The van der Waals surface area contributed by atoms with E-state index in [0.29, 0.717) is 0 Å². The van der Waals surface area contributed by atoms with E-state index in [9.17, 15) is 0 Å². The number of anilines is 1. The summed E-state index contributed by atoms with van der Waals surface area (Å²) >= 11 is 0. The van der Waals surface area contributed by atoms with Crippen molar-refractivity contribution in [1.82, 2.24) is 4.98 Å². The van der Waals surface area contributed by atoms with Crippen molar-refractivity contribution in [1.29, 1.82) is 0 Å². The van der Waals surface area contributed by atoms with Crippen molar-refractivity contribution in [2.24, 2.45) is 5.73 Å². The second-order valence-corrected chi connectivity index (χ2v) is 5.61. The lowest BCUT2D eigenvalue weighted by molar-refractivity contribution is 0.799. The average Bonchev–Trinajstić information content (AvgIpc) is 2.50. The van der Waals surface area contributed by atoms with Crippen molar-refractivity contribution in [2.75, 3.05) is 24.5 Å². The van der Waals surface area contributed by atoms with Crippen LogP contribution < -0.4 is 10.6 Å². The number of benzene rings is 1. The highest BCUT2D eigenvalue weighted by molar-refractivity contribution is 5.85. The topological polar surface area (TPSA) is 42.2 Å². The van der Waals surface area contributed by atoms with Crippen LogP contribution in [0.1, 0.15) is 37.0 Å². The normalized spacial score (nSPS) is 11.1. The zero-order chi connectivity index (χ0) is 15.4. The molecule has 0 saturated heterocycles. The van der Waals surface area contributed by atoms with Gasteiger partial charge >= 0.3 is 0 Å². The lowest BCUT2D eigenvalue weighted by Gasteiger charge is -2.24. The van der Waals surface area contributed by atoms with Crippen LogP contribution in [0.3, 0.4) is 0 Å². The maximum Gasteiger partial charge on any atom is 0.132 e. The van der Waals surface area contributed by atoms with Gasteiger partial charge in [-0.05, 0) is 69.8 Å². The van der Waals surface area contributed by atoms with Gasteiger partial charge in [-0.3, -0.25) is 0 Å². The number of pyridine rings is 1. The van der Waals surface area contributed by atoms with Gasteiger partial charge in [-0.1, -0.05) is 12.1 Å². The highest BCUT2D eigenvalue weighted by Crippen LogP contribution is 2.27. The molecule has 2 aromatic rings. The first-order chi connectivity index (χ1) is 10.1. The van der Waals surface area contributed by atoms with Crippen LogP contribution in [-0.4, -0.2) is 24.6 Å². The molecule has 0 amide bonds. The second-order valence-electron chi connectivity index (χ2n) is 5.61. The molecule has 0 fully saturated rings. The van der Waals surface area contributed by atoms with Gasteiger partial charge in [0, 0.05) is 18.5 Å². The van der Waals surface area contributed by atoms with E-state index in [0.717, 1.165) is 43.8 Å². The van der Waals surface area contributed by atoms with Crippen LogP contribution in [0.2, 0.25) is 0 Å². The number of rotatable bonds is 6. The Hall–Kier alpha value is -1.61. The number of hydrogen-bond acceptors (Lipinski definition) is 3. The third-order valence-corrected chi connectivity index (χ3v) is 4.28. The molecule has 21 heavy (non-hydrogen) atoms. The first-order valence-electron chi connectivity index (χ1n) is 7.97. The SMILES string of the molecule is CCN(CC)c1nc2c(C)c(C)ccc2cc1CCCN. The van der Waals surface area contributed by atoms with Crippen LogP contribution in [0.25, 0.3) is 10.9 Å². The molecule has 1 aromatic heterocycles. The number of aryl methyl sites for hydroxylation is 3. The largest absolute Gasteiger partial charge is 0.357 e. The lowest BCUT2D eigenvalue weighted by Crippen LogP contribution is -2.24. The van der Waals surface area contributed by atoms with Gasteiger partial charge in [0.25, 0.3) is 0 Å². The summed E-state index contributed by atoms with van der Waals surface area (Å²) < 4.78 is 0. The van der Waals surface area contributed by atoms with Gasteiger partial charge < -0.3 is 10.6 Å². The maximum atomic E-state index is 5.69. The van der Waals surface area contributed by atoms with E-state index in [1.165, 1.54) is 22.1 Å². The number of aromatic nitrogens is 1. The minimum absolute atomic E-state index is 0.725. The molecule has 0 spiro atoms. The van der Waals surface area contributed by atoms with Gasteiger partial charge in [-0.2, -0.15) is 0 Å². The molecule has 1 heterocycles. The fraction of sp³-hybridized carbons (Fsp3) is 0.500. The van der Waals surface area contributed by atoms with Gasteiger partial charge in [-0.15, -0.1) is 0 Å². The number of fused-ring (bicyclic) bond motifs is 1. The van der Waals surface area contributed by atoms with Crippen LogP contribution in [0.5, 0.6) is 0 Å². The molecule has 114 valence electrons. The Labute approximate surface area is 128 Å². The maximum absolute atomic E-state index is 5.69. The first kappa shape index (κ1) is 15.8. The van der Waals surface area contributed by atoms with E-state index in [2.05, 4.69) is 50.8 Å². The standard InChI is InChI=1S/C18H27N3/c1-5-21(6-2)18-16(8-7-11-19)12-15-10-9-13(3)14(4)17(15)20-18/h9-10,12H,5-8,11,19H2,1-4H3. The molecule has 3 nitrogen and oxygen atoms in total. The van der Waals surface area contributed by atoms with Crippen molar-refractivity contribution in [3.8, 4) is 0 Å². The Kier molecular flexibility index (Phi) is 5.18. The van der Waals surface area contributed by atoms with Crippen molar-refractivity contribution in [3.63, 3.8) is 0 Å². The minimum atomic E-state index is 0.725. The molecule has 3 heteroatoms. The zero-order valence-electron chi connectivity index (χ0n) is 13.7. The molecule has 1 aromatic carbocycles. The quantitative estimate of drug-likeness (QED) is 0.882. The third kappa shape index (κ3) is 3.18. The average molecular weight is 285 g/mol. The van der Waals surface area contributed by atoms with Gasteiger partial charge in [0.05, 0.1) is 5.52 Å². The smallest absolute Gasteiger partial charge is 0.132 e. The summed E-state index contributed by atoms with van der Waals surface area (Å²) in [5.41, 5.74) is 10.7. The molecule has 0 unspecified atom stereocenters. The van der Waals surface area contributed by atoms with E-state index < -0.39 is 0 Å². The van der Waals surface area contributed by atoms with Crippen molar-refractivity contribution >= 4 is 16.7 Å². The third-order valence-electron chi connectivity index (χ3n) is 4.28. The van der Waals surface area contributed by atoms with E-state index in [1.807, 2.05) is 0 Å². The molecule has 0 atom stereocenters. The summed E-state index contributed by atoms with van der Waals surface area (Å²) in [5, 5.41) is 1.24. The van der Waals surface area contributed by atoms with Crippen molar-refractivity contribution < 1.29 is 0 Å². The summed E-state index contributed by atoms with van der Waals surface area (Å²) in [4.78, 5) is 7.36. The Morgan fingerprint density at radius 2 is 1.86 bits per heavy atom. The second kappa shape index (κ2) is 6.90. The highest BCUT2D eigenvalue weighted by atomic mass is 15.2. The minimum Gasteiger partial charge on any atom is -0.357 e. The Morgan fingerprint density at radius 3 is 2.48 bits per heavy atom. The van der Waals surface area contributed by atoms with Gasteiger partial charge in [-0.25, -0.2) is 4.98 Å². The summed E-state index contributed by atoms with van der Waals surface area (Å²) in [6.45, 7) is 11.4. The number of nitrogens with two attached hydrogens (primary N) is 1. The molecule has 2 N–H and O–H groups in total. The molecule has 0 aliphatic carbocycles. The summed E-state index contributed by atoms with van der Waals surface area (Å²) in [6.07, 6.45) is 2.00. The lowest BCUT2D eigenvalue weighted by atomic mass is 10.0. The predicted octanol–water partition coefficient (Wildman–Crippen LogP) is 3.59. The molecule has 0 saturated carbocycles. The van der Waals surface area contributed by atoms with Crippen LogP contribution >= 0.6 is 0 Å². The number of nitrogens with zero attached hydrogens (tertiary/aromatic N) is 2. The van der Waals surface area contributed by atoms with Crippen LogP contribution in [-0.2, 0) is 6.42 Å². The van der Waals surface area contributed by atoms with E-state index in [-0.39, 0.29) is 0 Å².